The molecule has 0 spiro atoms. The predicted molar refractivity (Wildman–Crippen MR) is 297 cm³/mol. The van der Waals surface area contributed by atoms with Gasteiger partial charge in [-0.15, -0.1) is 0 Å². The van der Waals surface area contributed by atoms with Gasteiger partial charge in [-0.2, -0.15) is 0 Å². The van der Waals surface area contributed by atoms with Gasteiger partial charge in [0.05, 0.1) is 44.9 Å². The number of unbranched alkanes of at least 4 members (excludes halogenated alkanes) is 4. The minimum absolute atomic E-state index is 0.00441. The van der Waals surface area contributed by atoms with Crippen molar-refractivity contribution in [2.24, 2.45) is 40.4 Å². The number of hydrogen-bond donors (Lipinski definition) is 5. The van der Waals surface area contributed by atoms with E-state index in [1.165, 1.54) is 37.3 Å². The second kappa shape index (κ2) is 27.1. The number of carboxylic acid groups (broad SMARTS) is 1. The molecular weight excluding hydrogens is 1040 g/mol. The third kappa shape index (κ3) is 14.6. The highest BCUT2D eigenvalue weighted by atomic mass is 31.2. The number of piperidine rings is 1. The number of ketones is 2. The van der Waals surface area contributed by atoms with Crippen molar-refractivity contribution < 1.29 is 76.8 Å². The molecule has 18 heteroatoms. The quantitative estimate of drug-likeness (QED) is 0.0295. The van der Waals surface area contributed by atoms with Gasteiger partial charge in [0.1, 0.15) is 18.4 Å². The van der Waals surface area contributed by atoms with Crippen LogP contribution >= 0.6 is 7.82 Å². The van der Waals surface area contributed by atoms with Crippen LogP contribution in [-0.4, -0.2) is 125 Å². The number of carboxylic acids is 1. The highest BCUT2D eigenvalue weighted by Crippen LogP contribution is 2.70. The summed E-state index contributed by atoms with van der Waals surface area (Å²) in [6.45, 7) is 8.44. The molecule has 0 aromatic heterocycles. The number of quaternary nitrogens is 1. The summed E-state index contributed by atoms with van der Waals surface area (Å²) in [4.78, 5) is 70.1. The molecule has 6 fully saturated rings. The number of benzene rings is 2. The molecule has 0 radical (unpaired) electrons. The van der Waals surface area contributed by atoms with Crippen LogP contribution in [0.15, 0.2) is 72.3 Å². The van der Waals surface area contributed by atoms with Gasteiger partial charge in [-0.25, -0.2) is 4.57 Å². The molecule has 2 aromatic rings. The van der Waals surface area contributed by atoms with E-state index in [1.54, 1.807) is 24.3 Å². The minimum Gasteiger partial charge on any atom is -0.550 e. The predicted octanol–water partition coefficient (Wildman–Crippen LogP) is 7.56. The van der Waals surface area contributed by atoms with Gasteiger partial charge in [0.15, 0.2) is 24.3 Å². The number of Topliss-reactive ketones (excluding diaryl/α,β-unsaturated/α-hetero) is 1. The number of aliphatic carboxylic acids is 1. The second-order valence-electron chi connectivity index (χ2n) is 24.9. The molecule has 2 saturated heterocycles. The summed E-state index contributed by atoms with van der Waals surface area (Å²) in [6.07, 6.45) is 19.1. The number of esters is 1. The number of carbonyl (C=O) groups is 4. The number of carbonyl (C=O) groups excluding carboxylic acids is 4. The molecule has 2 aromatic carbocycles. The molecule has 17 nitrogen and oxygen atoms in total. The average molecular weight is 1130 g/mol. The van der Waals surface area contributed by atoms with Crippen molar-refractivity contribution in [3.8, 4) is 5.75 Å². The molecule has 2 aliphatic heterocycles. The Hall–Kier alpha value is -4.13. The average Bonchev–Trinajstić information content (AvgIpc) is 3.93. The van der Waals surface area contributed by atoms with Crippen LogP contribution in [0, 0.1) is 40.4 Å². The van der Waals surface area contributed by atoms with Crippen LogP contribution in [0.1, 0.15) is 153 Å². The lowest BCUT2D eigenvalue weighted by atomic mass is 9.46. The first-order chi connectivity index (χ1) is 38.1. The maximum Gasteiger partial charge on any atom is 0.524 e. The summed E-state index contributed by atoms with van der Waals surface area (Å²) in [6, 6.07) is 15.4. The van der Waals surface area contributed by atoms with Crippen LogP contribution in [0.2, 0.25) is 0 Å². The zero-order valence-corrected chi connectivity index (χ0v) is 48.5. The maximum atomic E-state index is 15.1. The summed E-state index contributed by atoms with van der Waals surface area (Å²) in [5, 5.41) is 35.8. The molecule has 4 unspecified atom stereocenters. The second-order valence-corrected chi connectivity index (χ2v) is 26.0. The monoisotopic (exact) mass is 1130 g/mol. The van der Waals surface area contributed by atoms with Crippen molar-refractivity contribution >= 4 is 31.3 Å². The highest BCUT2D eigenvalue weighted by molar-refractivity contribution is 7.46. The van der Waals surface area contributed by atoms with Crippen molar-refractivity contribution in [2.75, 3.05) is 53.0 Å². The summed E-state index contributed by atoms with van der Waals surface area (Å²) in [5.41, 5.74) is 0.865. The Morgan fingerprint density at radius 3 is 2.36 bits per heavy atom. The number of allylic oxidation sites excluding steroid dienone is 4. The number of ether oxygens (including phenoxy) is 4. The lowest BCUT2D eigenvalue weighted by Crippen LogP contribution is -2.63. The fourth-order valence-corrected chi connectivity index (χ4v) is 15.6. The van der Waals surface area contributed by atoms with E-state index in [0.29, 0.717) is 67.5 Å². The number of aliphatic hydroxyl groups is 2. The van der Waals surface area contributed by atoms with E-state index < -0.39 is 73.3 Å². The van der Waals surface area contributed by atoms with Gasteiger partial charge in [0, 0.05) is 53.6 Å². The molecule has 10 atom stereocenters. The summed E-state index contributed by atoms with van der Waals surface area (Å²) in [7, 11) is -2.89. The van der Waals surface area contributed by atoms with Crippen LogP contribution in [-0.2, 0) is 55.7 Å². The third-order valence-corrected chi connectivity index (χ3v) is 19.7. The zero-order chi connectivity index (χ0) is 57.3. The van der Waals surface area contributed by atoms with Gasteiger partial charge in [-0.05, 0) is 131 Å². The van der Waals surface area contributed by atoms with Crippen LogP contribution in [0.25, 0.3) is 0 Å². The molecule has 0 bridgehead atoms. The normalized spacial score (nSPS) is 32.3. The number of hydrogen-bond acceptors (Lipinski definition) is 14. The Morgan fingerprint density at radius 2 is 1.64 bits per heavy atom. The summed E-state index contributed by atoms with van der Waals surface area (Å²) < 4.78 is 43.5. The van der Waals surface area contributed by atoms with Crippen molar-refractivity contribution in [3.63, 3.8) is 0 Å². The first kappa shape index (κ1) is 61.9. The van der Waals surface area contributed by atoms with E-state index in [9.17, 15) is 34.2 Å². The Balaban J connectivity index is 0.00000203. The lowest BCUT2D eigenvalue weighted by Gasteiger charge is -2.59. The molecular formula is C62H89N2O15P. The molecule has 5 aliphatic carbocycles. The van der Waals surface area contributed by atoms with Gasteiger partial charge < -0.3 is 53.4 Å². The fraction of sp³-hybridized carbons (Fsp3) is 0.677. The van der Waals surface area contributed by atoms with Gasteiger partial charge in [-0.1, -0.05) is 100 Å². The molecule has 9 rings (SSSR count). The van der Waals surface area contributed by atoms with Crippen LogP contribution < -0.4 is 14.9 Å². The fourth-order valence-electron chi connectivity index (χ4n) is 15.2. The van der Waals surface area contributed by atoms with Crippen molar-refractivity contribution in [1.29, 1.82) is 0 Å². The zero-order valence-electron chi connectivity index (χ0n) is 47.6. The van der Waals surface area contributed by atoms with E-state index in [1.807, 2.05) is 13.1 Å². The van der Waals surface area contributed by atoms with E-state index in [4.69, 9.17) is 33.4 Å². The smallest absolute Gasteiger partial charge is 0.524 e. The van der Waals surface area contributed by atoms with Crippen molar-refractivity contribution in [3.05, 3.63) is 89.0 Å². The number of phosphoric ester groups is 1. The van der Waals surface area contributed by atoms with Crippen LogP contribution in [0.3, 0.4) is 0 Å². The Kier molecular flexibility index (Phi) is 20.9. The van der Waals surface area contributed by atoms with E-state index >= 15 is 4.79 Å². The lowest BCUT2D eigenvalue weighted by molar-refractivity contribution is -0.927. The van der Waals surface area contributed by atoms with Crippen molar-refractivity contribution in [2.45, 2.75) is 173 Å². The summed E-state index contributed by atoms with van der Waals surface area (Å²) in [5.74, 6) is -2.22. The van der Waals surface area contributed by atoms with E-state index in [2.05, 4.69) is 49.5 Å². The topological polar surface area (TPSA) is 248 Å². The number of aliphatic hydroxyl groups excluding tert-OH is 2. The molecule has 7 aliphatic rings. The third-order valence-electron chi connectivity index (χ3n) is 19.2. The van der Waals surface area contributed by atoms with Crippen LogP contribution in [0.4, 0.5) is 0 Å². The van der Waals surface area contributed by atoms with Gasteiger partial charge in [-0.3, -0.25) is 24.2 Å². The molecule has 2 heterocycles. The summed E-state index contributed by atoms with van der Waals surface area (Å²) >= 11 is 0. The Bertz CT molecular complexity index is 2550. The number of aryl methyl sites for hydroxylation is 1. The molecule has 442 valence electrons. The first-order valence-electron chi connectivity index (χ1n) is 29.7. The Morgan fingerprint density at radius 1 is 0.938 bits per heavy atom. The minimum atomic E-state index is -4.91. The SMILES string of the molecule is CC(=O)[O-].C[C@]12C=CC(=O)C=C1CCC1C2[C@@H](O)C[C@@]2(C)C1C[C@H]1O[C@@H](C3CCCCC3)O[C@]12C(=O)COC(=O)C1CC[N+](C)(Cc2cc(C(O)COCCCNCCCCCCCc3ccccc3)ccc2OP(=O)(O)O)CC1. The molecule has 5 N–H and O–H groups in total. The maximum absolute atomic E-state index is 15.1. The van der Waals surface area contributed by atoms with Gasteiger partial charge >= 0.3 is 13.8 Å². The highest BCUT2D eigenvalue weighted by Gasteiger charge is 2.76. The van der Waals surface area contributed by atoms with E-state index in [0.717, 1.165) is 89.8 Å². The number of rotatable bonds is 24. The number of nitrogens with one attached hydrogen (secondary N) is 1. The van der Waals surface area contributed by atoms with Gasteiger partial charge in [0.2, 0.25) is 5.78 Å². The number of phosphoric acid groups is 1. The molecule has 4 saturated carbocycles. The van der Waals surface area contributed by atoms with Crippen LogP contribution in [0.5, 0.6) is 5.75 Å². The van der Waals surface area contributed by atoms with Gasteiger partial charge in [0.25, 0.3) is 0 Å². The Labute approximate surface area is 473 Å². The van der Waals surface area contributed by atoms with E-state index in [-0.39, 0.29) is 47.6 Å². The van der Waals surface area contributed by atoms with Crippen molar-refractivity contribution in [1.82, 2.24) is 5.32 Å². The largest absolute Gasteiger partial charge is 0.550 e. The number of fused-ring (bicyclic) bond motifs is 7. The first-order valence-corrected chi connectivity index (χ1v) is 31.2. The molecule has 0 amide bonds. The number of likely N-dealkylation sites (tertiary alicyclic amines) is 1. The number of nitrogens with zero attached hydrogens (tertiary/aromatic N) is 1. The molecule has 80 heavy (non-hydrogen) atoms. The standard InChI is InChI=1S/C60H85N2O13P.C2H4O2/c1-58-28-25-47(63)35-46(58)22-23-48-49-36-54-60(59(49,2)37-50(64)55(48)58,74-57(73-54)43-19-12-8-13-20-43)53(66)40-72-56(67)42-26-31-62(3,32-27-42)38-45-34-44(21-24-52(45)75-76(68,69)70)51(65)39-71-33-15-30-61-29-14-6-4-5-9-16-41-17-10-7-11-18-41;1-2(3)4/h7,10-11,17-18,21,24-25,28,34-35,42-43,48-51,54-55,57,61,64-65H,4-6,8-9,12-16,19-20,22-23,26-27,29-33,36-40H2,1-3H3,(H-,68,69,70);1H3,(H,3,4)/t42?,48?,49?,50-,51?,54+,55?,57+,58-,59-,60+,62?;/m0./s1.